The Labute approximate surface area is 117 Å². The van der Waals surface area contributed by atoms with Crippen LogP contribution >= 0.6 is 11.6 Å². The van der Waals surface area contributed by atoms with Crippen LogP contribution in [0.4, 0.5) is 5.69 Å². The molecule has 1 rings (SSSR count). The highest BCUT2D eigenvalue weighted by Gasteiger charge is 2.14. The lowest BCUT2D eigenvalue weighted by atomic mass is 10.0. The van der Waals surface area contributed by atoms with Gasteiger partial charge in [-0.3, -0.25) is 10.1 Å². The number of non-ortho nitro benzene ring substituents is 1. The molecule has 0 fully saturated rings. The van der Waals surface area contributed by atoms with Gasteiger partial charge in [0.15, 0.2) is 0 Å². The van der Waals surface area contributed by atoms with Gasteiger partial charge in [0.05, 0.1) is 4.92 Å². The summed E-state index contributed by atoms with van der Waals surface area (Å²) in [5, 5.41) is 23.5. The summed E-state index contributed by atoms with van der Waals surface area (Å²) in [5.41, 5.74) is 0.726. The number of hydrogen-bond donors (Lipinski definition) is 2. The number of aliphatic hydroxyl groups is 1. The normalized spacial score (nSPS) is 12.7. The SMILES string of the molecule is CC(C)C(CCO)NCc1cc([N+](=O)[O-])ccc1Cl. The van der Waals surface area contributed by atoms with Crippen molar-refractivity contribution in [3.05, 3.63) is 38.9 Å². The molecule has 1 unspecified atom stereocenters. The van der Waals surface area contributed by atoms with Gasteiger partial charge in [0.1, 0.15) is 0 Å². The van der Waals surface area contributed by atoms with Crippen LogP contribution < -0.4 is 5.32 Å². The zero-order valence-electron chi connectivity index (χ0n) is 11.1. The van der Waals surface area contributed by atoms with Crippen LogP contribution in [-0.4, -0.2) is 22.7 Å². The Bertz CT molecular complexity index is 438. The predicted octanol–water partition coefficient (Wildman–Crippen LogP) is 2.74. The van der Waals surface area contributed by atoms with E-state index in [0.29, 0.717) is 29.5 Å². The van der Waals surface area contributed by atoms with Crippen LogP contribution in [0.15, 0.2) is 18.2 Å². The largest absolute Gasteiger partial charge is 0.396 e. The minimum absolute atomic E-state index is 0.0319. The molecule has 0 bridgehead atoms. The van der Waals surface area contributed by atoms with Crippen molar-refractivity contribution in [1.82, 2.24) is 5.32 Å². The first kappa shape index (κ1) is 15.9. The molecule has 19 heavy (non-hydrogen) atoms. The van der Waals surface area contributed by atoms with Gasteiger partial charge in [-0.2, -0.15) is 0 Å². The highest BCUT2D eigenvalue weighted by molar-refractivity contribution is 6.31. The Hall–Kier alpha value is -1.17. The molecule has 1 atom stereocenters. The zero-order chi connectivity index (χ0) is 14.4. The second kappa shape index (κ2) is 7.43. The van der Waals surface area contributed by atoms with Gasteiger partial charge < -0.3 is 10.4 Å². The van der Waals surface area contributed by atoms with Crippen LogP contribution in [0.25, 0.3) is 0 Å². The number of nitro groups is 1. The van der Waals surface area contributed by atoms with Crippen molar-refractivity contribution in [3.63, 3.8) is 0 Å². The molecule has 0 aliphatic heterocycles. The molecule has 106 valence electrons. The van der Waals surface area contributed by atoms with Gasteiger partial charge in [-0.05, 0) is 24.0 Å². The molecule has 0 aliphatic rings. The molecular weight excluding hydrogens is 268 g/mol. The number of rotatable bonds is 7. The Morgan fingerprint density at radius 2 is 2.16 bits per heavy atom. The molecule has 0 aliphatic carbocycles. The van der Waals surface area contributed by atoms with E-state index in [1.807, 2.05) is 0 Å². The van der Waals surface area contributed by atoms with Gasteiger partial charge in [0.25, 0.3) is 5.69 Å². The van der Waals surface area contributed by atoms with E-state index in [9.17, 15) is 10.1 Å². The summed E-state index contributed by atoms with van der Waals surface area (Å²) in [7, 11) is 0. The first-order chi connectivity index (χ1) is 8.95. The average Bonchev–Trinajstić information content (AvgIpc) is 2.35. The topological polar surface area (TPSA) is 75.4 Å². The number of nitrogens with one attached hydrogen (secondary N) is 1. The Morgan fingerprint density at radius 3 is 2.68 bits per heavy atom. The summed E-state index contributed by atoms with van der Waals surface area (Å²) in [6.45, 7) is 4.67. The highest BCUT2D eigenvalue weighted by atomic mass is 35.5. The standard InChI is InChI=1S/C13H19ClN2O3/c1-9(2)13(5-6-17)15-8-10-7-11(16(18)19)3-4-12(10)14/h3-4,7,9,13,15,17H,5-6,8H2,1-2H3. The third-order valence-corrected chi connectivity index (χ3v) is 3.41. The van der Waals surface area contributed by atoms with E-state index in [-0.39, 0.29) is 18.3 Å². The van der Waals surface area contributed by atoms with Crippen LogP contribution in [-0.2, 0) is 6.54 Å². The molecule has 0 aromatic heterocycles. The van der Waals surface area contributed by atoms with E-state index < -0.39 is 4.92 Å². The Kier molecular flexibility index (Phi) is 6.21. The minimum Gasteiger partial charge on any atom is -0.396 e. The first-order valence-corrected chi connectivity index (χ1v) is 6.60. The van der Waals surface area contributed by atoms with Crippen molar-refractivity contribution in [2.45, 2.75) is 32.9 Å². The van der Waals surface area contributed by atoms with E-state index in [1.165, 1.54) is 18.2 Å². The smallest absolute Gasteiger partial charge is 0.269 e. The van der Waals surface area contributed by atoms with Crippen molar-refractivity contribution in [3.8, 4) is 0 Å². The Morgan fingerprint density at radius 1 is 1.47 bits per heavy atom. The molecule has 1 aromatic rings. The third-order valence-electron chi connectivity index (χ3n) is 3.04. The summed E-state index contributed by atoms with van der Waals surface area (Å²) in [4.78, 5) is 10.3. The van der Waals surface area contributed by atoms with Crippen LogP contribution in [0.3, 0.4) is 0 Å². The molecule has 0 saturated carbocycles. The lowest BCUT2D eigenvalue weighted by Gasteiger charge is -2.21. The summed E-state index contributed by atoms with van der Waals surface area (Å²) < 4.78 is 0. The second-order valence-corrected chi connectivity index (χ2v) is 5.18. The quantitative estimate of drug-likeness (QED) is 0.597. The van der Waals surface area contributed by atoms with E-state index in [2.05, 4.69) is 19.2 Å². The lowest BCUT2D eigenvalue weighted by molar-refractivity contribution is -0.384. The fourth-order valence-electron chi connectivity index (χ4n) is 1.86. The van der Waals surface area contributed by atoms with E-state index in [4.69, 9.17) is 16.7 Å². The van der Waals surface area contributed by atoms with E-state index >= 15 is 0 Å². The zero-order valence-corrected chi connectivity index (χ0v) is 11.9. The molecular formula is C13H19ClN2O3. The number of nitro benzene ring substituents is 1. The lowest BCUT2D eigenvalue weighted by Crippen LogP contribution is -2.34. The minimum atomic E-state index is -0.437. The highest BCUT2D eigenvalue weighted by Crippen LogP contribution is 2.22. The van der Waals surface area contributed by atoms with Crippen molar-refractivity contribution < 1.29 is 10.0 Å². The van der Waals surface area contributed by atoms with Crippen molar-refractivity contribution in [2.24, 2.45) is 5.92 Å². The van der Waals surface area contributed by atoms with Gasteiger partial charge in [0, 0.05) is 36.3 Å². The fraction of sp³-hybridized carbons (Fsp3) is 0.538. The number of halogens is 1. The predicted molar refractivity (Wildman–Crippen MR) is 75.3 cm³/mol. The maximum absolute atomic E-state index is 10.7. The number of nitrogens with zero attached hydrogens (tertiary/aromatic N) is 1. The van der Waals surface area contributed by atoms with Crippen LogP contribution in [0.2, 0.25) is 5.02 Å². The van der Waals surface area contributed by atoms with E-state index in [0.717, 1.165) is 0 Å². The first-order valence-electron chi connectivity index (χ1n) is 6.22. The molecule has 0 spiro atoms. The fourth-order valence-corrected chi connectivity index (χ4v) is 2.05. The maximum Gasteiger partial charge on any atom is 0.269 e. The van der Waals surface area contributed by atoms with Gasteiger partial charge in [0.2, 0.25) is 0 Å². The van der Waals surface area contributed by atoms with Gasteiger partial charge in [-0.15, -0.1) is 0 Å². The molecule has 1 aromatic carbocycles. The van der Waals surface area contributed by atoms with Crippen molar-refractivity contribution in [1.29, 1.82) is 0 Å². The average molecular weight is 287 g/mol. The maximum atomic E-state index is 10.7. The number of benzene rings is 1. The van der Waals surface area contributed by atoms with Crippen molar-refractivity contribution >= 4 is 17.3 Å². The third kappa shape index (κ3) is 4.78. The van der Waals surface area contributed by atoms with Crippen LogP contribution in [0, 0.1) is 16.0 Å². The molecule has 0 radical (unpaired) electrons. The number of hydrogen-bond acceptors (Lipinski definition) is 4. The molecule has 5 nitrogen and oxygen atoms in total. The summed E-state index contributed by atoms with van der Waals surface area (Å²) >= 11 is 6.03. The van der Waals surface area contributed by atoms with Gasteiger partial charge in [-0.1, -0.05) is 25.4 Å². The van der Waals surface area contributed by atoms with Crippen LogP contribution in [0.1, 0.15) is 25.8 Å². The molecule has 0 heterocycles. The molecule has 2 N–H and O–H groups in total. The summed E-state index contributed by atoms with van der Waals surface area (Å²) in [6, 6.07) is 4.55. The second-order valence-electron chi connectivity index (χ2n) is 4.78. The Balaban J connectivity index is 2.75. The molecule has 0 amide bonds. The van der Waals surface area contributed by atoms with E-state index in [1.54, 1.807) is 0 Å². The van der Waals surface area contributed by atoms with Crippen molar-refractivity contribution in [2.75, 3.05) is 6.61 Å². The van der Waals surface area contributed by atoms with Gasteiger partial charge >= 0.3 is 0 Å². The number of aliphatic hydroxyl groups excluding tert-OH is 1. The van der Waals surface area contributed by atoms with Crippen LogP contribution in [0.5, 0.6) is 0 Å². The van der Waals surface area contributed by atoms with Gasteiger partial charge in [-0.25, -0.2) is 0 Å². The molecule has 0 saturated heterocycles. The molecule has 6 heteroatoms. The summed E-state index contributed by atoms with van der Waals surface area (Å²) in [5.74, 6) is 0.365. The monoisotopic (exact) mass is 286 g/mol. The summed E-state index contributed by atoms with van der Waals surface area (Å²) in [6.07, 6.45) is 0.643.